The molecule has 0 saturated carbocycles. The van der Waals surface area contributed by atoms with Crippen LogP contribution in [0.15, 0.2) is 0 Å². The second kappa shape index (κ2) is 4.25. The second-order valence-corrected chi connectivity index (χ2v) is 3.33. The molecular weight excluding hydrogens is 170 g/mol. The lowest BCUT2D eigenvalue weighted by Crippen LogP contribution is -2.41. The molecule has 1 heterocycles. The van der Waals surface area contributed by atoms with Crippen LogP contribution >= 0.6 is 0 Å². The van der Waals surface area contributed by atoms with Gasteiger partial charge >= 0.3 is 5.97 Å². The summed E-state index contributed by atoms with van der Waals surface area (Å²) >= 11 is 0. The van der Waals surface area contributed by atoms with Crippen molar-refractivity contribution in [2.75, 3.05) is 14.2 Å². The SMILES string of the molecule is COC(=O)CC1CCCC(=O)N1C. The van der Waals surface area contributed by atoms with Crippen LogP contribution in [-0.4, -0.2) is 37.0 Å². The minimum Gasteiger partial charge on any atom is -0.469 e. The predicted molar refractivity (Wildman–Crippen MR) is 47.0 cm³/mol. The van der Waals surface area contributed by atoms with Gasteiger partial charge in [0.1, 0.15) is 0 Å². The zero-order valence-electron chi connectivity index (χ0n) is 8.08. The van der Waals surface area contributed by atoms with Crippen molar-refractivity contribution in [3.8, 4) is 0 Å². The number of nitrogens with zero attached hydrogens (tertiary/aromatic N) is 1. The van der Waals surface area contributed by atoms with Gasteiger partial charge in [-0.1, -0.05) is 0 Å². The molecule has 0 radical (unpaired) electrons. The molecule has 1 amide bonds. The molecule has 13 heavy (non-hydrogen) atoms. The Morgan fingerprint density at radius 2 is 2.38 bits per heavy atom. The number of likely N-dealkylation sites (tertiary alicyclic amines) is 1. The lowest BCUT2D eigenvalue weighted by molar-refractivity contribution is -0.144. The maximum Gasteiger partial charge on any atom is 0.307 e. The van der Waals surface area contributed by atoms with Crippen LogP contribution < -0.4 is 0 Å². The van der Waals surface area contributed by atoms with Crippen molar-refractivity contribution >= 4 is 11.9 Å². The summed E-state index contributed by atoms with van der Waals surface area (Å²) in [6.07, 6.45) is 2.70. The highest BCUT2D eigenvalue weighted by molar-refractivity contribution is 5.78. The van der Waals surface area contributed by atoms with Gasteiger partial charge in [0.2, 0.25) is 5.91 Å². The summed E-state index contributed by atoms with van der Waals surface area (Å²) in [4.78, 5) is 23.9. The van der Waals surface area contributed by atoms with Gasteiger partial charge in [-0.3, -0.25) is 9.59 Å². The summed E-state index contributed by atoms with van der Waals surface area (Å²) in [5.41, 5.74) is 0. The highest BCUT2D eigenvalue weighted by Gasteiger charge is 2.26. The van der Waals surface area contributed by atoms with Crippen molar-refractivity contribution in [3.63, 3.8) is 0 Å². The summed E-state index contributed by atoms with van der Waals surface area (Å²) in [7, 11) is 3.11. The van der Waals surface area contributed by atoms with Crippen LogP contribution in [0.25, 0.3) is 0 Å². The zero-order chi connectivity index (χ0) is 9.84. The maximum atomic E-state index is 11.2. The van der Waals surface area contributed by atoms with E-state index in [0.29, 0.717) is 12.8 Å². The van der Waals surface area contributed by atoms with Crippen LogP contribution in [0.1, 0.15) is 25.7 Å². The first-order chi connectivity index (χ1) is 6.15. The fourth-order valence-corrected chi connectivity index (χ4v) is 1.58. The first-order valence-electron chi connectivity index (χ1n) is 4.47. The van der Waals surface area contributed by atoms with Gasteiger partial charge in [0, 0.05) is 19.5 Å². The smallest absolute Gasteiger partial charge is 0.307 e. The predicted octanol–water partition coefficient (Wildman–Crippen LogP) is 0.560. The van der Waals surface area contributed by atoms with Crippen LogP contribution in [0, 0.1) is 0 Å². The molecule has 4 nitrogen and oxygen atoms in total. The van der Waals surface area contributed by atoms with Gasteiger partial charge < -0.3 is 9.64 Å². The number of rotatable bonds is 2. The molecule has 1 unspecified atom stereocenters. The molecule has 1 rings (SSSR count). The maximum absolute atomic E-state index is 11.2. The Kier molecular flexibility index (Phi) is 3.28. The van der Waals surface area contributed by atoms with E-state index in [4.69, 9.17) is 0 Å². The molecule has 0 aliphatic carbocycles. The van der Waals surface area contributed by atoms with Crippen molar-refractivity contribution in [1.29, 1.82) is 0 Å². The van der Waals surface area contributed by atoms with Gasteiger partial charge in [-0.2, -0.15) is 0 Å². The molecule has 1 aliphatic rings. The fraction of sp³-hybridized carbons (Fsp3) is 0.778. The first kappa shape index (κ1) is 10.0. The van der Waals surface area contributed by atoms with E-state index >= 15 is 0 Å². The Hall–Kier alpha value is -1.06. The van der Waals surface area contributed by atoms with Crippen LogP contribution in [0.3, 0.4) is 0 Å². The van der Waals surface area contributed by atoms with Gasteiger partial charge in [-0.05, 0) is 12.8 Å². The van der Waals surface area contributed by atoms with Crippen molar-refractivity contribution in [2.24, 2.45) is 0 Å². The van der Waals surface area contributed by atoms with Crippen LogP contribution in [0.2, 0.25) is 0 Å². The van der Waals surface area contributed by atoms with E-state index in [9.17, 15) is 9.59 Å². The van der Waals surface area contributed by atoms with Gasteiger partial charge in [0.15, 0.2) is 0 Å². The van der Waals surface area contributed by atoms with Crippen molar-refractivity contribution in [2.45, 2.75) is 31.7 Å². The molecule has 0 N–H and O–H groups in total. The monoisotopic (exact) mass is 185 g/mol. The standard InChI is InChI=1S/C9H15NO3/c1-10-7(6-9(12)13-2)4-3-5-8(10)11/h7H,3-6H2,1-2H3. The Labute approximate surface area is 77.8 Å². The molecular formula is C9H15NO3. The lowest BCUT2D eigenvalue weighted by atomic mass is 10.00. The Morgan fingerprint density at radius 1 is 1.69 bits per heavy atom. The van der Waals surface area contributed by atoms with Crippen LogP contribution in [-0.2, 0) is 14.3 Å². The number of hydrogen-bond donors (Lipinski definition) is 0. The number of methoxy groups -OCH3 is 1. The fourth-order valence-electron chi connectivity index (χ4n) is 1.58. The van der Waals surface area contributed by atoms with Gasteiger partial charge in [-0.15, -0.1) is 0 Å². The lowest BCUT2D eigenvalue weighted by Gasteiger charge is -2.31. The molecule has 0 spiro atoms. The quantitative estimate of drug-likeness (QED) is 0.590. The van der Waals surface area contributed by atoms with Gasteiger partial charge in [0.05, 0.1) is 13.5 Å². The largest absolute Gasteiger partial charge is 0.469 e. The molecule has 0 aromatic heterocycles. The number of carbonyl (C=O) groups excluding carboxylic acids is 2. The number of esters is 1. The number of hydrogen-bond acceptors (Lipinski definition) is 3. The molecule has 0 bridgehead atoms. The minimum atomic E-state index is -0.244. The highest BCUT2D eigenvalue weighted by atomic mass is 16.5. The third-order valence-corrected chi connectivity index (χ3v) is 2.50. The number of amides is 1. The number of piperidine rings is 1. The topological polar surface area (TPSA) is 46.6 Å². The molecule has 4 heteroatoms. The van der Waals surface area contributed by atoms with E-state index in [1.54, 1.807) is 11.9 Å². The second-order valence-electron chi connectivity index (χ2n) is 3.33. The van der Waals surface area contributed by atoms with Crippen molar-refractivity contribution in [1.82, 2.24) is 4.90 Å². The summed E-state index contributed by atoms with van der Waals surface area (Å²) < 4.78 is 4.56. The Bertz CT molecular complexity index is 215. The number of carbonyl (C=O) groups is 2. The zero-order valence-corrected chi connectivity index (χ0v) is 8.08. The van der Waals surface area contributed by atoms with E-state index < -0.39 is 0 Å². The summed E-state index contributed by atoms with van der Waals surface area (Å²) in [5, 5.41) is 0. The van der Waals surface area contributed by atoms with Gasteiger partial charge in [-0.25, -0.2) is 0 Å². The third-order valence-electron chi connectivity index (χ3n) is 2.50. The van der Waals surface area contributed by atoms with Crippen molar-refractivity contribution in [3.05, 3.63) is 0 Å². The molecule has 1 fully saturated rings. The summed E-state index contributed by atoms with van der Waals surface area (Å²) in [6.45, 7) is 0. The molecule has 0 aromatic carbocycles. The minimum absolute atomic E-state index is 0.0358. The summed E-state index contributed by atoms with van der Waals surface area (Å²) in [5.74, 6) is -0.119. The Morgan fingerprint density at radius 3 is 3.00 bits per heavy atom. The van der Waals surface area contributed by atoms with Crippen LogP contribution in [0.5, 0.6) is 0 Å². The molecule has 74 valence electrons. The molecule has 0 aromatic rings. The Balaban J connectivity index is 2.48. The average Bonchev–Trinajstić information content (AvgIpc) is 2.13. The normalized spacial score (nSPS) is 23.1. The van der Waals surface area contributed by atoms with Crippen LogP contribution in [0.4, 0.5) is 0 Å². The van der Waals surface area contributed by atoms with E-state index in [-0.39, 0.29) is 17.9 Å². The van der Waals surface area contributed by atoms with Crippen molar-refractivity contribution < 1.29 is 14.3 Å². The van der Waals surface area contributed by atoms with E-state index in [1.165, 1.54) is 7.11 Å². The molecule has 1 saturated heterocycles. The van der Waals surface area contributed by atoms with E-state index in [0.717, 1.165) is 12.8 Å². The molecule has 1 atom stereocenters. The van der Waals surface area contributed by atoms with E-state index in [2.05, 4.69) is 4.74 Å². The average molecular weight is 185 g/mol. The molecule has 1 aliphatic heterocycles. The number of ether oxygens (including phenoxy) is 1. The highest BCUT2D eigenvalue weighted by Crippen LogP contribution is 2.18. The third kappa shape index (κ3) is 2.44. The first-order valence-corrected chi connectivity index (χ1v) is 4.47. The summed E-state index contributed by atoms with van der Waals surface area (Å²) in [6, 6.07) is 0.0358. The van der Waals surface area contributed by atoms with Gasteiger partial charge in [0.25, 0.3) is 0 Å². The van der Waals surface area contributed by atoms with E-state index in [1.807, 2.05) is 0 Å².